The summed E-state index contributed by atoms with van der Waals surface area (Å²) in [5.74, 6) is -1.68. The van der Waals surface area contributed by atoms with E-state index in [0.29, 0.717) is 16.8 Å². The number of anilines is 1. The maximum atomic E-state index is 12.7. The molecule has 0 atom stereocenters. The first kappa shape index (κ1) is 19.8. The van der Waals surface area contributed by atoms with Crippen LogP contribution in [-0.4, -0.2) is 18.5 Å². The summed E-state index contributed by atoms with van der Waals surface area (Å²) in [6.07, 6.45) is -4.58. The number of halogens is 4. The zero-order valence-corrected chi connectivity index (χ0v) is 14.7. The Morgan fingerprint density at radius 2 is 1.85 bits per heavy atom. The van der Waals surface area contributed by atoms with Crippen molar-refractivity contribution in [2.75, 3.05) is 11.9 Å². The first-order valence-electron chi connectivity index (χ1n) is 7.49. The number of ether oxygens (including phenoxy) is 1. The van der Waals surface area contributed by atoms with Crippen LogP contribution in [0.15, 0.2) is 36.4 Å². The number of esters is 1. The fourth-order valence-corrected chi connectivity index (χ4v) is 2.65. The second-order valence-corrected chi connectivity index (χ2v) is 6.05. The molecule has 2 rings (SSSR count). The van der Waals surface area contributed by atoms with Crippen LogP contribution in [0.2, 0.25) is 5.02 Å². The summed E-state index contributed by atoms with van der Waals surface area (Å²) >= 11 is 6.07. The SMILES string of the molecule is Cc1cc(C)c(NC(=O)COC(=O)c2cccc(C(F)(F)F)c2)c(Cl)c1. The van der Waals surface area contributed by atoms with Gasteiger partial charge in [-0.05, 0) is 49.2 Å². The van der Waals surface area contributed by atoms with Crippen molar-refractivity contribution in [1.29, 1.82) is 0 Å². The van der Waals surface area contributed by atoms with Gasteiger partial charge in [-0.25, -0.2) is 4.79 Å². The highest BCUT2D eigenvalue weighted by Crippen LogP contribution is 2.30. The number of aryl methyl sites for hydroxylation is 2. The quantitative estimate of drug-likeness (QED) is 0.771. The first-order chi connectivity index (χ1) is 12.1. The second kappa shape index (κ2) is 7.78. The van der Waals surface area contributed by atoms with E-state index in [1.54, 1.807) is 13.0 Å². The molecule has 2 aromatic carbocycles. The van der Waals surface area contributed by atoms with E-state index in [1.807, 2.05) is 13.0 Å². The van der Waals surface area contributed by atoms with Gasteiger partial charge >= 0.3 is 12.1 Å². The molecule has 0 heterocycles. The standard InChI is InChI=1S/C18H15ClF3NO3/c1-10-6-11(2)16(14(19)7-10)23-15(24)9-26-17(25)12-4-3-5-13(8-12)18(20,21)22/h3-8H,9H2,1-2H3,(H,23,24). The summed E-state index contributed by atoms with van der Waals surface area (Å²) in [5.41, 5.74) is 0.766. The second-order valence-electron chi connectivity index (χ2n) is 5.64. The van der Waals surface area contributed by atoms with Crippen molar-refractivity contribution in [3.05, 3.63) is 63.7 Å². The Morgan fingerprint density at radius 3 is 2.46 bits per heavy atom. The van der Waals surface area contributed by atoms with E-state index in [2.05, 4.69) is 5.32 Å². The maximum absolute atomic E-state index is 12.7. The van der Waals surface area contributed by atoms with E-state index in [-0.39, 0.29) is 5.56 Å². The number of alkyl halides is 3. The number of amides is 1. The molecule has 0 bridgehead atoms. The van der Waals surface area contributed by atoms with Crippen LogP contribution in [0.25, 0.3) is 0 Å². The van der Waals surface area contributed by atoms with Crippen molar-refractivity contribution in [2.45, 2.75) is 20.0 Å². The summed E-state index contributed by atoms with van der Waals surface area (Å²) < 4.78 is 42.8. The Balaban J connectivity index is 2.01. The van der Waals surface area contributed by atoms with Crippen molar-refractivity contribution in [3.63, 3.8) is 0 Å². The number of carbonyl (C=O) groups is 2. The molecule has 1 N–H and O–H groups in total. The highest BCUT2D eigenvalue weighted by Gasteiger charge is 2.31. The van der Waals surface area contributed by atoms with Gasteiger partial charge in [0.1, 0.15) is 0 Å². The lowest BCUT2D eigenvalue weighted by molar-refractivity contribution is -0.137. The normalized spacial score (nSPS) is 11.2. The molecule has 0 aromatic heterocycles. The molecule has 0 unspecified atom stereocenters. The Bertz CT molecular complexity index is 827. The van der Waals surface area contributed by atoms with Crippen LogP contribution < -0.4 is 5.32 Å². The van der Waals surface area contributed by atoms with Crippen molar-refractivity contribution in [2.24, 2.45) is 0 Å². The molecular weight excluding hydrogens is 371 g/mol. The van der Waals surface area contributed by atoms with Crippen LogP contribution >= 0.6 is 11.6 Å². The molecule has 0 saturated heterocycles. The van der Waals surface area contributed by atoms with Crippen molar-refractivity contribution < 1.29 is 27.5 Å². The predicted molar refractivity (Wildman–Crippen MR) is 91.3 cm³/mol. The predicted octanol–water partition coefficient (Wildman–Crippen LogP) is 4.77. The minimum absolute atomic E-state index is 0.294. The summed E-state index contributed by atoms with van der Waals surface area (Å²) in [6, 6.07) is 7.26. The topological polar surface area (TPSA) is 55.4 Å². The number of nitrogens with one attached hydrogen (secondary N) is 1. The van der Waals surface area contributed by atoms with Gasteiger partial charge in [-0.3, -0.25) is 4.79 Å². The van der Waals surface area contributed by atoms with E-state index < -0.39 is 30.2 Å². The van der Waals surface area contributed by atoms with Gasteiger partial charge < -0.3 is 10.1 Å². The average Bonchev–Trinajstić information content (AvgIpc) is 2.55. The van der Waals surface area contributed by atoms with Crippen molar-refractivity contribution >= 4 is 29.2 Å². The third-order valence-corrected chi connectivity index (χ3v) is 3.75. The molecule has 2 aromatic rings. The van der Waals surface area contributed by atoms with Crippen LogP contribution in [0.3, 0.4) is 0 Å². The number of hydrogen-bond donors (Lipinski definition) is 1. The van der Waals surface area contributed by atoms with Crippen molar-refractivity contribution in [3.8, 4) is 0 Å². The van der Waals surface area contributed by atoms with Gasteiger partial charge in [0.2, 0.25) is 0 Å². The molecule has 0 aliphatic rings. The largest absolute Gasteiger partial charge is 0.452 e. The van der Waals surface area contributed by atoms with Gasteiger partial charge in [-0.1, -0.05) is 23.7 Å². The third-order valence-electron chi connectivity index (χ3n) is 3.46. The number of hydrogen-bond acceptors (Lipinski definition) is 3. The monoisotopic (exact) mass is 385 g/mol. The van der Waals surface area contributed by atoms with Gasteiger partial charge in [-0.15, -0.1) is 0 Å². The summed E-state index contributed by atoms with van der Waals surface area (Å²) in [7, 11) is 0. The van der Waals surface area contributed by atoms with E-state index in [0.717, 1.165) is 23.3 Å². The van der Waals surface area contributed by atoms with Gasteiger partial charge in [0.05, 0.1) is 21.8 Å². The molecule has 4 nitrogen and oxygen atoms in total. The van der Waals surface area contributed by atoms with Gasteiger partial charge in [0.15, 0.2) is 6.61 Å². The summed E-state index contributed by atoms with van der Waals surface area (Å²) in [4.78, 5) is 23.8. The molecule has 8 heteroatoms. The summed E-state index contributed by atoms with van der Waals surface area (Å²) in [6.45, 7) is 2.95. The van der Waals surface area contributed by atoms with Crippen LogP contribution in [-0.2, 0) is 15.7 Å². The Morgan fingerprint density at radius 1 is 1.15 bits per heavy atom. The Labute approximate surface area is 152 Å². The fraction of sp³-hybridized carbons (Fsp3) is 0.222. The molecule has 1 amide bonds. The molecule has 138 valence electrons. The molecule has 0 aliphatic carbocycles. The zero-order valence-electron chi connectivity index (χ0n) is 13.9. The molecule has 0 fully saturated rings. The van der Waals surface area contributed by atoms with Gasteiger partial charge in [0, 0.05) is 0 Å². The van der Waals surface area contributed by atoms with E-state index in [1.165, 1.54) is 6.07 Å². The zero-order chi connectivity index (χ0) is 19.5. The molecule has 0 radical (unpaired) electrons. The van der Waals surface area contributed by atoms with E-state index in [9.17, 15) is 22.8 Å². The maximum Gasteiger partial charge on any atom is 0.416 e. The lowest BCUT2D eigenvalue weighted by atomic mass is 10.1. The molecule has 0 spiro atoms. The molecular formula is C18H15ClF3NO3. The van der Waals surface area contributed by atoms with Crippen LogP contribution in [0.5, 0.6) is 0 Å². The molecule has 26 heavy (non-hydrogen) atoms. The van der Waals surface area contributed by atoms with E-state index >= 15 is 0 Å². The lowest BCUT2D eigenvalue weighted by Gasteiger charge is -2.12. The lowest BCUT2D eigenvalue weighted by Crippen LogP contribution is -2.21. The van der Waals surface area contributed by atoms with E-state index in [4.69, 9.17) is 16.3 Å². The van der Waals surface area contributed by atoms with Crippen molar-refractivity contribution in [1.82, 2.24) is 0 Å². The highest BCUT2D eigenvalue weighted by atomic mass is 35.5. The minimum atomic E-state index is -4.58. The average molecular weight is 386 g/mol. The smallest absolute Gasteiger partial charge is 0.416 e. The van der Waals surface area contributed by atoms with Crippen LogP contribution in [0, 0.1) is 13.8 Å². The van der Waals surface area contributed by atoms with Gasteiger partial charge in [-0.2, -0.15) is 13.2 Å². The van der Waals surface area contributed by atoms with Crippen LogP contribution in [0.1, 0.15) is 27.0 Å². The first-order valence-corrected chi connectivity index (χ1v) is 7.86. The highest BCUT2D eigenvalue weighted by molar-refractivity contribution is 6.34. The molecule has 0 saturated carbocycles. The third kappa shape index (κ3) is 4.98. The number of rotatable bonds is 4. The minimum Gasteiger partial charge on any atom is -0.452 e. The summed E-state index contributed by atoms with van der Waals surface area (Å²) in [5, 5.41) is 2.85. The Hall–Kier alpha value is -2.54. The number of benzene rings is 2. The van der Waals surface area contributed by atoms with Gasteiger partial charge in [0.25, 0.3) is 5.91 Å². The number of carbonyl (C=O) groups excluding carboxylic acids is 2. The fourth-order valence-electron chi connectivity index (χ4n) is 2.29. The molecule has 0 aliphatic heterocycles. The Kier molecular flexibility index (Phi) is 5.92. The van der Waals surface area contributed by atoms with Crippen LogP contribution in [0.4, 0.5) is 18.9 Å².